The van der Waals surface area contributed by atoms with Crippen molar-refractivity contribution in [2.24, 2.45) is 0 Å². The fraction of sp³-hybridized carbons (Fsp3) is 0.222. The van der Waals surface area contributed by atoms with E-state index in [1.165, 1.54) is 16.7 Å². The number of anilines is 1. The molecule has 3 rings (SSSR count). The first kappa shape index (κ1) is 12.0. The van der Waals surface area contributed by atoms with Crippen LogP contribution in [-0.2, 0) is 0 Å². The van der Waals surface area contributed by atoms with Crippen LogP contribution in [-0.4, -0.2) is 0 Å². The fourth-order valence-corrected chi connectivity index (χ4v) is 2.65. The third-order valence-electron chi connectivity index (χ3n) is 3.69. The van der Waals surface area contributed by atoms with Crippen molar-refractivity contribution in [3.05, 3.63) is 65.8 Å². The third kappa shape index (κ3) is 2.55. The van der Waals surface area contributed by atoms with Gasteiger partial charge in [0.1, 0.15) is 0 Å². The van der Waals surface area contributed by atoms with Crippen molar-refractivity contribution in [3.63, 3.8) is 0 Å². The van der Waals surface area contributed by atoms with Crippen LogP contribution in [0.2, 0.25) is 0 Å². The Hall–Kier alpha value is -2.02. The summed E-state index contributed by atoms with van der Waals surface area (Å²) in [5, 5.41) is 0. The molecule has 0 amide bonds. The topological polar surface area (TPSA) is 26.0 Å². The monoisotopic (exact) mass is 249 g/mol. The number of hydrogen-bond acceptors (Lipinski definition) is 1. The van der Waals surface area contributed by atoms with Crippen molar-refractivity contribution in [2.45, 2.75) is 25.7 Å². The van der Waals surface area contributed by atoms with Crippen LogP contribution in [0.5, 0.6) is 0 Å². The van der Waals surface area contributed by atoms with E-state index < -0.39 is 0 Å². The molecule has 0 atom stereocenters. The standard InChI is InChI=1S/C18H19N/c19-18-13-16(14-7-3-1-4-8-14)11-12-17(18)15-9-5-2-6-10-15/h3,5,7-13H,1-2,4,6,19H2. The molecule has 0 aromatic heterocycles. The van der Waals surface area contributed by atoms with Crippen molar-refractivity contribution in [3.8, 4) is 0 Å². The van der Waals surface area contributed by atoms with Crippen molar-refractivity contribution in [2.75, 3.05) is 5.73 Å². The Bertz CT molecular complexity index is 600. The smallest absolute Gasteiger partial charge is 0.0399 e. The number of benzene rings is 1. The van der Waals surface area contributed by atoms with E-state index in [1.54, 1.807) is 0 Å². The molecule has 1 aromatic carbocycles. The second-order valence-corrected chi connectivity index (χ2v) is 5.08. The van der Waals surface area contributed by atoms with E-state index in [9.17, 15) is 0 Å². The Morgan fingerprint density at radius 3 is 2.05 bits per heavy atom. The quantitative estimate of drug-likeness (QED) is 0.753. The lowest BCUT2D eigenvalue weighted by molar-refractivity contribution is 1.04. The second kappa shape index (κ2) is 5.31. The van der Waals surface area contributed by atoms with Gasteiger partial charge in [-0.1, -0.05) is 48.6 Å². The average Bonchev–Trinajstić information content (AvgIpc) is 2.49. The van der Waals surface area contributed by atoms with E-state index in [1.807, 2.05) is 0 Å². The molecule has 0 saturated heterocycles. The number of nitrogen functional groups attached to an aromatic ring is 1. The maximum Gasteiger partial charge on any atom is 0.0399 e. The minimum Gasteiger partial charge on any atom is -0.398 e. The number of hydrogen-bond donors (Lipinski definition) is 1. The van der Waals surface area contributed by atoms with E-state index in [0.717, 1.165) is 36.9 Å². The zero-order chi connectivity index (χ0) is 13.1. The largest absolute Gasteiger partial charge is 0.398 e. The Kier molecular flexibility index (Phi) is 3.37. The Balaban J connectivity index is 1.94. The molecule has 1 aromatic rings. The van der Waals surface area contributed by atoms with Gasteiger partial charge in [-0.3, -0.25) is 0 Å². The molecule has 0 heterocycles. The molecular formula is C18H19N. The van der Waals surface area contributed by atoms with Crippen LogP contribution >= 0.6 is 0 Å². The maximum absolute atomic E-state index is 6.23. The van der Waals surface area contributed by atoms with Crippen LogP contribution in [0.3, 0.4) is 0 Å². The number of allylic oxidation sites excluding steroid dienone is 8. The summed E-state index contributed by atoms with van der Waals surface area (Å²) < 4.78 is 0. The highest BCUT2D eigenvalue weighted by molar-refractivity contribution is 5.85. The van der Waals surface area contributed by atoms with E-state index >= 15 is 0 Å². The summed E-state index contributed by atoms with van der Waals surface area (Å²) >= 11 is 0. The van der Waals surface area contributed by atoms with E-state index in [2.05, 4.69) is 54.7 Å². The third-order valence-corrected chi connectivity index (χ3v) is 3.69. The molecule has 2 aliphatic rings. The highest BCUT2D eigenvalue weighted by Gasteiger charge is 2.08. The normalized spacial score (nSPS) is 18.1. The zero-order valence-corrected chi connectivity index (χ0v) is 11.1. The van der Waals surface area contributed by atoms with E-state index in [0.29, 0.717) is 0 Å². The first-order valence-corrected chi connectivity index (χ1v) is 6.98. The molecule has 0 unspecified atom stereocenters. The van der Waals surface area contributed by atoms with Gasteiger partial charge in [-0.2, -0.15) is 0 Å². The van der Waals surface area contributed by atoms with Gasteiger partial charge in [0.25, 0.3) is 0 Å². The predicted molar refractivity (Wildman–Crippen MR) is 83.6 cm³/mol. The van der Waals surface area contributed by atoms with Crippen LogP contribution in [0.15, 0.2) is 54.7 Å². The summed E-state index contributed by atoms with van der Waals surface area (Å²) in [5.74, 6) is 0. The van der Waals surface area contributed by atoms with Gasteiger partial charge < -0.3 is 5.73 Å². The molecule has 0 aliphatic heterocycles. The summed E-state index contributed by atoms with van der Waals surface area (Å²) in [6.45, 7) is 0. The molecule has 0 radical (unpaired) electrons. The number of rotatable bonds is 2. The van der Waals surface area contributed by atoms with E-state index in [-0.39, 0.29) is 0 Å². The first-order chi connectivity index (χ1) is 9.34. The number of nitrogens with two attached hydrogens (primary N) is 1. The molecule has 0 saturated carbocycles. The highest BCUT2D eigenvalue weighted by Crippen LogP contribution is 2.30. The van der Waals surface area contributed by atoms with Crippen LogP contribution in [0, 0.1) is 0 Å². The van der Waals surface area contributed by atoms with Gasteiger partial charge in [-0.25, -0.2) is 0 Å². The molecule has 96 valence electrons. The lowest BCUT2D eigenvalue weighted by Gasteiger charge is -2.13. The Morgan fingerprint density at radius 2 is 1.47 bits per heavy atom. The summed E-state index contributed by atoms with van der Waals surface area (Å²) in [4.78, 5) is 0. The molecule has 19 heavy (non-hydrogen) atoms. The van der Waals surface area contributed by atoms with Gasteiger partial charge in [0.05, 0.1) is 0 Å². The van der Waals surface area contributed by atoms with Crippen molar-refractivity contribution >= 4 is 16.8 Å². The summed E-state index contributed by atoms with van der Waals surface area (Å²) in [5.41, 5.74) is 12.0. The molecule has 1 nitrogen and oxygen atoms in total. The van der Waals surface area contributed by atoms with Crippen molar-refractivity contribution < 1.29 is 0 Å². The van der Waals surface area contributed by atoms with Gasteiger partial charge in [-0.15, -0.1) is 0 Å². The summed E-state index contributed by atoms with van der Waals surface area (Å²) in [6.07, 6.45) is 17.9. The van der Waals surface area contributed by atoms with Crippen LogP contribution in [0.4, 0.5) is 5.69 Å². The minimum absolute atomic E-state index is 0.871. The first-order valence-electron chi connectivity index (χ1n) is 6.98. The Morgan fingerprint density at radius 1 is 0.789 bits per heavy atom. The van der Waals surface area contributed by atoms with Crippen LogP contribution < -0.4 is 5.73 Å². The highest BCUT2D eigenvalue weighted by atomic mass is 14.6. The minimum atomic E-state index is 0.871. The molecular weight excluding hydrogens is 230 g/mol. The molecule has 2 aliphatic carbocycles. The SMILES string of the molecule is Nc1cc(C2=CCCC=C2)ccc1C1=CCCC=C1. The molecule has 1 heteroatoms. The van der Waals surface area contributed by atoms with Crippen molar-refractivity contribution in [1.29, 1.82) is 0 Å². The van der Waals surface area contributed by atoms with Gasteiger partial charge in [0.15, 0.2) is 0 Å². The van der Waals surface area contributed by atoms with Crippen LogP contribution in [0.25, 0.3) is 11.1 Å². The van der Waals surface area contributed by atoms with E-state index in [4.69, 9.17) is 5.73 Å². The lowest BCUT2D eigenvalue weighted by Crippen LogP contribution is -1.96. The molecule has 0 fully saturated rings. The zero-order valence-electron chi connectivity index (χ0n) is 11.1. The summed E-state index contributed by atoms with van der Waals surface area (Å²) in [7, 11) is 0. The fourth-order valence-electron chi connectivity index (χ4n) is 2.65. The molecule has 0 bridgehead atoms. The molecule has 0 spiro atoms. The van der Waals surface area contributed by atoms with Gasteiger partial charge >= 0.3 is 0 Å². The second-order valence-electron chi connectivity index (χ2n) is 5.08. The maximum atomic E-state index is 6.23. The molecule has 2 N–H and O–H groups in total. The summed E-state index contributed by atoms with van der Waals surface area (Å²) in [6, 6.07) is 6.42. The van der Waals surface area contributed by atoms with Crippen molar-refractivity contribution in [1.82, 2.24) is 0 Å². The Labute approximate surface area is 114 Å². The van der Waals surface area contributed by atoms with Gasteiger partial charge in [0, 0.05) is 11.3 Å². The average molecular weight is 249 g/mol. The lowest BCUT2D eigenvalue weighted by atomic mass is 9.94. The van der Waals surface area contributed by atoms with Gasteiger partial charge in [0.2, 0.25) is 0 Å². The van der Waals surface area contributed by atoms with Gasteiger partial charge in [-0.05, 0) is 48.5 Å². The van der Waals surface area contributed by atoms with Crippen LogP contribution in [0.1, 0.15) is 36.8 Å². The predicted octanol–water partition coefficient (Wildman–Crippen LogP) is 4.74.